The summed E-state index contributed by atoms with van der Waals surface area (Å²) in [6, 6.07) is 9.64. The number of carbonyl (C=O) groups excluding carboxylic acids is 1. The molecule has 0 aliphatic carbocycles. The Morgan fingerprint density at radius 1 is 1.20 bits per heavy atom. The Hall–Kier alpha value is -2.76. The van der Waals surface area contributed by atoms with Crippen LogP contribution in [-0.2, 0) is 0 Å². The highest BCUT2D eigenvalue weighted by atomic mass is 19.1. The molecule has 6 heteroatoms. The van der Waals surface area contributed by atoms with E-state index in [1.165, 1.54) is 0 Å². The SMILES string of the molecule is CC(C)C[C@@H](NC(=O)c1ccc(F)cc1F)c1nc2ccccc2o1. The highest BCUT2D eigenvalue weighted by molar-refractivity contribution is 5.94. The molecule has 1 heterocycles. The maximum Gasteiger partial charge on any atom is 0.254 e. The number of nitrogens with zero attached hydrogens (tertiary/aromatic N) is 1. The standard InChI is InChI=1S/C19H18F2N2O2/c1-11(2)9-16(19-23-15-5-3-4-6-17(15)25-19)22-18(24)13-8-7-12(20)10-14(13)21/h3-8,10-11,16H,9H2,1-2H3,(H,22,24)/t16-/m1/s1. The molecule has 0 spiro atoms. The molecular formula is C19H18F2N2O2. The fourth-order valence-corrected chi connectivity index (χ4v) is 2.64. The molecule has 0 fully saturated rings. The molecule has 130 valence electrons. The number of para-hydroxylation sites is 2. The molecule has 0 bridgehead atoms. The van der Waals surface area contributed by atoms with Crippen LogP contribution in [0.15, 0.2) is 46.9 Å². The fourth-order valence-electron chi connectivity index (χ4n) is 2.64. The summed E-state index contributed by atoms with van der Waals surface area (Å²) in [5, 5.41) is 2.74. The lowest BCUT2D eigenvalue weighted by atomic mass is 10.0. The molecule has 0 radical (unpaired) electrons. The van der Waals surface area contributed by atoms with Crippen LogP contribution in [0.4, 0.5) is 8.78 Å². The van der Waals surface area contributed by atoms with Crippen LogP contribution in [0.5, 0.6) is 0 Å². The Labute approximate surface area is 143 Å². The normalized spacial score (nSPS) is 12.5. The molecule has 0 saturated heterocycles. The minimum Gasteiger partial charge on any atom is -0.438 e. The van der Waals surface area contributed by atoms with Crippen LogP contribution in [0.3, 0.4) is 0 Å². The predicted octanol–water partition coefficient (Wildman–Crippen LogP) is 4.62. The van der Waals surface area contributed by atoms with E-state index in [1.54, 1.807) is 6.07 Å². The van der Waals surface area contributed by atoms with Gasteiger partial charge in [-0.25, -0.2) is 13.8 Å². The number of rotatable bonds is 5. The van der Waals surface area contributed by atoms with Crippen LogP contribution in [0.2, 0.25) is 0 Å². The van der Waals surface area contributed by atoms with E-state index in [2.05, 4.69) is 10.3 Å². The largest absolute Gasteiger partial charge is 0.438 e. The Bertz CT molecular complexity index is 872. The lowest BCUT2D eigenvalue weighted by molar-refractivity contribution is 0.0920. The van der Waals surface area contributed by atoms with Crippen LogP contribution in [0.25, 0.3) is 11.1 Å². The zero-order valence-electron chi connectivity index (χ0n) is 13.9. The third-order valence-corrected chi connectivity index (χ3v) is 3.80. The van der Waals surface area contributed by atoms with E-state index in [4.69, 9.17) is 4.42 Å². The summed E-state index contributed by atoms with van der Waals surface area (Å²) in [5.74, 6) is -1.65. The van der Waals surface area contributed by atoms with Crippen molar-refractivity contribution in [2.75, 3.05) is 0 Å². The first-order chi connectivity index (χ1) is 11.9. The van der Waals surface area contributed by atoms with E-state index in [9.17, 15) is 13.6 Å². The van der Waals surface area contributed by atoms with Crippen LogP contribution < -0.4 is 5.32 Å². The molecule has 3 aromatic rings. The number of hydrogen-bond acceptors (Lipinski definition) is 3. The number of fused-ring (bicyclic) bond motifs is 1. The summed E-state index contributed by atoms with van der Waals surface area (Å²) in [7, 11) is 0. The number of oxazole rings is 1. The maximum atomic E-state index is 13.8. The van der Waals surface area contributed by atoms with Gasteiger partial charge in [0, 0.05) is 6.07 Å². The van der Waals surface area contributed by atoms with E-state index in [0.717, 1.165) is 12.1 Å². The first-order valence-electron chi connectivity index (χ1n) is 8.05. The zero-order valence-corrected chi connectivity index (χ0v) is 13.9. The van der Waals surface area contributed by atoms with Crippen LogP contribution in [0, 0.1) is 17.6 Å². The van der Waals surface area contributed by atoms with Crippen LogP contribution in [-0.4, -0.2) is 10.9 Å². The van der Waals surface area contributed by atoms with Gasteiger partial charge in [-0.1, -0.05) is 26.0 Å². The topological polar surface area (TPSA) is 55.1 Å². The van der Waals surface area contributed by atoms with Crippen molar-refractivity contribution in [3.63, 3.8) is 0 Å². The van der Waals surface area contributed by atoms with Crippen molar-refractivity contribution in [3.05, 3.63) is 65.6 Å². The smallest absolute Gasteiger partial charge is 0.254 e. The number of benzene rings is 2. The van der Waals surface area contributed by atoms with Gasteiger partial charge >= 0.3 is 0 Å². The van der Waals surface area contributed by atoms with Gasteiger partial charge in [-0.15, -0.1) is 0 Å². The number of carbonyl (C=O) groups is 1. The lowest BCUT2D eigenvalue weighted by Gasteiger charge is -2.18. The summed E-state index contributed by atoms with van der Waals surface area (Å²) in [4.78, 5) is 16.8. The fraction of sp³-hybridized carbons (Fsp3) is 0.263. The highest BCUT2D eigenvalue weighted by Gasteiger charge is 2.23. The molecule has 3 rings (SSSR count). The molecule has 0 unspecified atom stereocenters. The zero-order chi connectivity index (χ0) is 18.0. The molecule has 1 aromatic heterocycles. The van der Waals surface area contributed by atoms with Gasteiger partial charge in [0.2, 0.25) is 5.89 Å². The Balaban J connectivity index is 1.89. The van der Waals surface area contributed by atoms with E-state index in [1.807, 2.05) is 32.0 Å². The van der Waals surface area contributed by atoms with Gasteiger partial charge in [-0.2, -0.15) is 0 Å². The third kappa shape index (κ3) is 3.84. The molecule has 1 N–H and O–H groups in total. The summed E-state index contributed by atoms with van der Waals surface area (Å²) in [5.41, 5.74) is 1.09. The average Bonchev–Trinajstić information content (AvgIpc) is 2.97. The van der Waals surface area contributed by atoms with Crippen molar-refractivity contribution in [3.8, 4) is 0 Å². The van der Waals surface area contributed by atoms with Crippen LogP contribution in [0.1, 0.15) is 42.6 Å². The minimum absolute atomic E-state index is 0.216. The van der Waals surface area contributed by atoms with Gasteiger partial charge in [0.15, 0.2) is 5.58 Å². The molecule has 1 atom stereocenters. The second-order valence-electron chi connectivity index (χ2n) is 6.30. The molecule has 0 aliphatic heterocycles. The van der Waals surface area contributed by atoms with E-state index in [-0.39, 0.29) is 11.5 Å². The Morgan fingerprint density at radius 2 is 1.96 bits per heavy atom. The van der Waals surface area contributed by atoms with Crippen molar-refractivity contribution in [1.82, 2.24) is 10.3 Å². The van der Waals surface area contributed by atoms with Gasteiger partial charge in [0.05, 0.1) is 5.56 Å². The summed E-state index contributed by atoms with van der Waals surface area (Å²) >= 11 is 0. The Morgan fingerprint density at radius 3 is 2.64 bits per heavy atom. The van der Waals surface area contributed by atoms with Crippen molar-refractivity contribution in [2.24, 2.45) is 5.92 Å². The van der Waals surface area contributed by atoms with Gasteiger partial charge in [-0.05, 0) is 36.6 Å². The molecule has 0 saturated carbocycles. The number of aromatic nitrogens is 1. The molecular weight excluding hydrogens is 326 g/mol. The van der Waals surface area contributed by atoms with Crippen LogP contribution >= 0.6 is 0 Å². The summed E-state index contributed by atoms with van der Waals surface area (Å²) in [6.45, 7) is 4.00. The predicted molar refractivity (Wildman–Crippen MR) is 90.0 cm³/mol. The maximum absolute atomic E-state index is 13.8. The number of halogens is 2. The molecule has 0 aliphatic rings. The van der Waals surface area contributed by atoms with Crippen molar-refractivity contribution in [2.45, 2.75) is 26.3 Å². The Kier molecular flexibility index (Phi) is 4.79. The number of amides is 1. The summed E-state index contributed by atoms with van der Waals surface area (Å²) < 4.78 is 32.6. The first-order valence-corrected chi connectivity index (χ1v) is 8.05. The molecule has 2 aromatic carbocycles. The van der Waals surface area contributed by atoms with E-state index in [0.29, 0.717) is 29.5 Å². The molecule has 4 nitrogen and oxygen atoms in total. The second-order valence-corrected chi connectivity index (χ2v) is 6.30. The van der Waals surface area contributed by atoms with Crippen molar-refractivity contribution >= 4 is 17.0 Å². The molecule has 1 amide bonds. The highest BCUT2D eigenvalue weighted by Crippen LogP contribution is 2.25. The first kappa shape index (κ1) is 17.1. The van der Waals surface area contributed by atoms with Gasteiger partial charge < -0.3 is 9.73 Å². The average molecular weight is 344 g/mol. The van der Waals surface area contributed by atoms with Gasteiger partial charge in [0.25, 0.3) is 5.91 Å². The van der Waals surface area contributed by atoms with Crippen molar-refractivity contribution < 1.29 is 18.0 Å². The third-order valence-electron chi connectivity index (χ3n) is 3.80. The van der Waals surface area contributed by atoms with E-state index >= 15 is 0 Å². The number of hydrogen-bond donors (Lipinski definition) is 1. The minimum atomic E-state index is -0.904. The van der Waals surface area contributed by atoms with E-state index < -0.39 is 23.6 Å². The quantitative estimate of drug-likeness (QED) is 0.734. The monoisotopic (exact) mass is 344 g/mol. The summed E-state index contributed by atoms with van der Waals surface area (Å²) in [6.07, 6.45) is 0.571. The van der Waals surface area contributed by atoms with Gasteiger partial charge in [-0.3, -0.25) is 4.79 Å². The molecule has 25 heavy (non-hydrogen) atoms. The van der Waals surface area contributed by atoms with Gasteiger partial charge in [0.1, 0.15) is 23.2 Å². The number of nitrogens with one attached hydrogen (secondary N) is 1. The lowest BCUT2D eigenvalue weighted by Crippen LogP contribution is -2.30. The van der Waals surface area contributed by atoms with Crippen molar-refractivity contribution in [1.29, 1.82) is 0 Å². The second kappa shape index (κ2) is 7.01.